The van der Waals surface area contributed by atoms with E-state index in [1.54, 1.807) is 6.20 Å². The van der Waals surface area contributed by atoms with Crippen LogP contribution in [0.1, 0.15) is 76.8 Å². The molecule has 2 aromatic carbocycles. The van der Waals surface area contributed by atoms with Gasteiger partial charge in [0.1, 0.15) is 17.1 Å². The molecule has 2 atom stereocenters. The minimum absolute atomic E-state index is 0.181. The molecule has 0 radical (unpaired) electrons. The Hall–Kier alpha value is -3.07. The van der Waals surface area contributed by atoms with E-state index in [0.29, 0.717) is 11.7 Å². The summed E-state index contributed by atoms with van der Waals surface area (Å²) in [6.07, 6.45) is 12.6. The van der Waals surface area contributed by atoms with Gasteiger partial charge in [-0.3, -0.25) is 4.98 Å². The molecular formula is C32H37NO2. The van der Waals surface area contributed by atoms with Gasteiger partial charge in [0.2, 0.25) is 0 Å². The number of phenolic OH excluding ortho intramolecular Hbond substituents is 1. The van der Waals surface area contributed by atoms with Crippen molar-refractivity contribution >= 4 is 0 Å². The second kappa shape index (κ2) is 9.53. The fourth-order valence-electron chi connectivity index (χ4n) is 6.06. The molecule has 0 amide bonds. The Morgan fingerprint density at radius 1 is 1.06 bits per heavy atom. The van der Waals surface area contributed by atoms with E-state index in [1.807, 2.05) is 12.3 Å². The number of nitrogens with zero attached hydrogens (tertiary/aromatic N) is 1. The fourth-order valence-corrected chi connectivity index (χ4v) is 6.06. The molecule has 3 aromatic rings. The molecule has 0 fully saturated rings. The van der Waals surface area contributed by atoms with Gasteiger partial charge in [0.25, 0.3) is 0 Å². The minimum atomic E-state index is -0.255. The molecule has 1 aliphatic carbocycles. The molecule has 182 valence electrons. The zero-order valence-electron chi connectivity index (χ0n) is 21.5. The molecule has 0 spiro atoms. The van der Waals surface area contributed by atoms with Crippen molar-refractivity contribution in [3.8, 4) is 33.8 Å². The van der Waals surface area contributed by atoms with Crippen molar-refractivity contribution < 1.29 is 9.84 Å². The van der Waals surface area contributed by atoms with E-state index in [-0.39, 0.29) is 11.5 Å². The van der Waals surface area contributed by atoms with Crippen LogP contribution in [0.4, 0.5) is 0 Å². The van der Waals surface area contributed by atoms with E-state index >= 15 is 0 Å². The number of benzene rings is 2. The highest BCUT2D eigenvalue weighted by Gasteiger charge is 2.45. The van der Waals surface area contributed by atoms with Gasteiger partial charge in [-0.1, -0.05) is 61.7 Å². The van der Waals surface area contributed by atoms with E-state index in [1.165, 1.54) is 24.0 Å². The van der Waals surface area contributed by atoms with Crippen molar-refractivity contribution in [3.63, 3.8) is 0 Å². The Labute approximate surface area is 209 Å². The number of ether oxygens (including phenoxy) is 1. The molecule has 1 aliphatic heterocycles. The van der Waals surface area contributed by atoms with Crippen LogP contribution >= 0.6 is 0 Å². The fraction of sp³-hybridized carbons (Fsp3) is 0.406. The van der Waals surface area contributed by atoms with Crippen LogP contribution in [0.15, 0.2) is 66.5 Å². The van der Waals surface area contributed by atoms with Crippen LogP contribution in [0.2, 0.25) is 0 Å². The van der Waals surface area contributed by atoms with Gasteiger partial charge < -0.3 is 9.84 Å². The lowest BCUT2D eigenvalue weighted by Gasteiger charge is -2.46. The Kier molecular flexibility index (Phi) is 6.44. The van der Waals surface area contributed by atoms with Gasteiger partial charge in [-0.05, 0) is 80.8 Å². The molecule has 3 heteroatoms. The highest BCUT2D eigenvalue weighted by atomic mass is 16.5. The van der Waals surface area contributed by atoms with E-state index in [2.05, 4.69) is 75.2 Å². The summed E-state index contributed by atoms with van der Waals surface area (Å²) in [6, 6.07) is 14.8. The zero-order valence-corrected chi connectivity index (χ0v) is 21.5. The Morgan fingerprint density at radius 2 is 1.83 bits per heavy atom. The molecule has 2 unspecified atom stereocenters. The molecule has 0 saturated heterocycles. The van der Waals surface area contributed by atoms with Gasteiger partial charge in [0.05, 0.1) is 0 Å². The van der Waals surface area contributed by atoms with Gasteiger partial charge >= 0.3 is 0 Å². The zero-order chi connectivity index (χ0) is 24.6. The van der Waals surface area contributed by atoms with Gasteiger partial charge in [-0.25, -0.2) is 0 Å². The number of phenols is 1. The van der Waals surface area contributed by atoms with Crippen molar-refractivity contribution in [2.45, 2.75) is 77.7 Å². The normalized spacial score (nSPS) is 20.4. The lowest BCUT2D eigenvalue weighted by Crippen LogP contribution is -2.45. The van der Waals surface area contributed by atoms with Crippen LogP contribution in [-0.4, -0.2) is 15.7 Å². The van der Waals surface area contributed by atoms with Crippen molar-refractivity contribution in [2.24, 2.45) is 5.92 Å². The Bertz CT molecular complexity index is 1220. The van der Waals surface area contributed by atoms with Crippen LogP contribution in [-0.2, 0) is 6.42 Å². The number of allylic oxidation sites excluding steroid dienone is 2. The highest BCUT2D eigenvalue weighted by Crippen LogP contribution is 2.56. The average molecular weight is 468 g/mol. The molecule has 0 bridgehead atoms. The third kappa shape index (κ3) is 4.49. The summed E-state index contributed by atoms with van der Waals surface area (Å²) in [5.74, 6) is 1.80. The maximum Gasteiger partial charge on any atom is 0.131 e. The first-order valence-corrected chi connectivity index (χ1v) is 13.1. The number of aromatic hydroxyl groups is 1. The van der Waals surface area contributed by atoms with E-state index in [0.717, 1.165) is 59.3 Å². The van der Waals surface area contributed by atoms with Crippen molar-refractivity contribution in [3.05, 3.63) is 77.6 Å². The maximum atomic E-state index is 11.9. The van der Waals surface area contributed by atoms with Crippen LogP contribution in [0.25, 0.3) is 22.3 Å². The van der Waals surface area contributed by atoms with Crippen molar-refractivity contribution in [1.82, 2.24) is 4.98 Å². The maximum absolute atomic E-state index is 11.9. The van der Waals surface area contributed by atoms with E-state index in [4.69, 9.17) is 4.74 Å². The quantitative estimate of drug-likeness (QED) is 0.292. The predicted molar refractivity (Wildman–Crippen MR) is 144 cm³/mol. The monoisotopic (exact) mass is 467 g/mol. The van der Waals surface area contributed by atoms with Gasteiger partial charge in [-0.15, -0.1) is 0 Å². The molecule has 2 aliphatic rings. The highest BCUT2D eigenvalue weighted by molar-refractivity contribution is 5.80. The number of hydrogen-bond donors (Lipinski definition) is 1. The van der Waals surface area contributed by atoms with Gasteiger partial charge in [-0.2, -0.15) is 0 Å². The first-order valence-electron chi connectivity index (χ1n) is 13.1. The molecule has 1 aromatic heterocycles. The number of aryl methyl sites for hydroxylation is 1. The average Bonchev–Trinajstić information content (AvgIpc) is 2.84. The molecule has 3 nitrogen and oxygen atoms in total. The van der Waals surface area contributed by atoms with Crippen LogP contribution in [0, 0.1) is 5.92 Å². The first kappa shape index (κ1) is 23.7. The van der Waals surface area contributed by atoms with Crippen molar-refractivity contribution in [2.75, 3.05) is 0 Å². The summed E-state index contributed by atoms with van der Waals surface area (Å²) in [7, 11) is 0. The molecule has 0 saturated carbocycles. The number of pyridine rings is 1. The molecule has 1 N–H and O–H groups in total. The summed E-state index contributed by atoms with van der Waals surface area (Å²) < 4.78 is 6.62. The van der Waals surface area contributed by atoms with E-state index < -0.39 is 0 Å². The second-order valence-corrected chi connectivity index (χ2v) is 10.8. The third-order valence-corrected chi connectivity index (χ3v) is 7.95. The largest absolute Gasteiger partial charge is 0.507 e. The number of hydrogen-bond acceptors (Lipinski definition) is 3. The predicted octanol–water partition coefficient (Wildman–Crippen LogP) is 8.46. The Balaban J connectivity index is 1.64. The Morgan fingerprint density at radius 3 is 2.54 bits per heavy atom. The number of unbranched alkanes of at least 4 members (excludes halogenated alkanes) is 2. The van der Waals surface area contributed by atoms with Crippen LogP contribution < -0.4 is 4.74 Å². The van der Waals surface area contributed by atoms with Gasteiger partial charge in [0.15, 0.2) is 0 Å². The summed E-state index contributed by atoms with van der Waals surface area (Å²) in [6.45, 7) is 8.86. The van der Waals surface area contributed by atoms with Crippen LogP contribution in [0.3, 0.4) is 0 Å². The van der Waals surface area contributed by atoms with E-state index in [9.17, 15) is 5.11 Å². The summed E-state index contributed by atoms with van der Waals surface area (Å²) in [5.41, 5.74) is 7.55. The summed E-state index contributed by atoms with van der Waals surface area (Å²) >= 11 is 0. The smallest absolute Gasteiger partial charge is 0.131 e. The molecular weight excluding hydrogens is 430 g/mol. The molecule has 35 heavy (non-hydrogen) atoms. The topological polar surface area (TPSA) is 42.4 Å². The molecule has 5 rings (SSSR count). The number of rotatable bonds is 6. The molecule has 2 heterocycles. The lowest BCUT2D eigenvalue weighted by molar-refractivity contribution is 0.0108. The van der Waals surface area contributed by atoms with Crippen molar-refractivity contribution in [1.29, 1.82) is 0 Å². The number of fused-ring (bicyclic) bond motifs is 3. The summed E-state index contributed by atoms with van der Waals surface area (Å²) in [4.78, 5) is 4.26. The minimum Gasteiger partial charge on any atom is -0.507 e. The van der Waals surface area contributed by atoms with Gasteiger partial charge in [0, 0.05) is 35.4 Å². The SMILES string of the molecule is CCCCCc1cc2c(c(O)c1-c1ccc(-c3cccnc3)cc1)C1C=C(C)CCC1C(C)(C)O2. The van der Waals surface area contributed by atoms with Crippen LogP contribution in [0.5, 0.6) is 11.5 Å². The third-order valence-electron chi connectivity index (χ3n) is 7.95. The summed E-state index contributed by atoms with van der Waals surface area (Å²) in [5, 5.41) is 11.9. The second-order valence-electron chi connectivity index (χ2n) is 10.8. The first-order chi connectivity index (χ1) is 16.9. The number of aromatic nitrogens is 1. The standard InChI is InChI=1S/C32H37NO2/c1-5-6-7-9-24-19-28-30(26-18-21(2)11-16-27(26)32(3,4)35-28)31(34)29(24)23-14-12-22(13-15-23)25-10-8-17-33-20-25/h8,10,12-15,17-20,26-27,34H,5-7,9,11,16H2,1-4H3. The lowest BCUT2D eigenvalue weighted by atomic mass is 9.67.